The monoisotopic (exact) mass is 282 g/mol. The maximum atomic E-state index is 12.3. The Morgan fingerprint density at radius 1 is 1.63 bits per heavy atom. The van der Waals surface area contributed by atoms with E-state index in [1.54, 1.807) is 6.20 Å². The molecule has 1 aromatic rings. The van der Waals surface area contributed by atoms with Gasteiger partial charge in [0.1, 0.15) is 4.88 Å². The van der Waals surface area contributed by atoms with Crippen molar-refractivity contribution in [1.29, 1.82) is 0 Å². The molecule has 19 heavy (non-hydrogen) atoms. The number of nitrogens with one attached hydrogen (secondary N) is 1. The molecule has 1 aliphatic heterocycles. The van der Waals surface area contributed by atoms with Crippen molar-refractivity contribution in [2.45, 2.75) is 51.5 Å². The van der Waals surface area contributed by atoms with Gasteiger partial charge in [0.05, 0.1) is 23.4 Å². The molecule has 0 aromatic carbocycles. The Labute approximate surface area is 118 Å². The van der Waals surface area contributed by atoms with E-state index in [4.69, 9.17) is 4.74 Å². The average Bonchev–Trinajstić information content (AvgIpc) is 2.98. The van der Waals surface area contributed by atoms with Gasteiger partial charge in [0.2, 0.25) is 0 Å². The van der Waals surface area contributed by atoms with E-state index in [0.717, 1.165) is 30.9 Å². The molecule has 1 atom stereocenters. The fourth-order valence-corrected chi connectivity index (χ4v) is 3.22. The minimum absolute atomic E-state index is 0.0108. The summed E-state index contributed by atoms with van der Waals surface area (Å²) < 4.78 is 5.47. The van der Waals surface area contributed by atoms with Crippen LogP contribution in [0.2, 0.25) is 0 Å². The van der Waals surface area contributed by atoms with Gasteiger partial charge in [-0.25, -0.2) is 4.98 Å². The third-order valence-corrected chi connectivity index (χ3v) is 4.75. The molecule has 1 aromatic heterocycles. The Balaban J connectivity index is 2.06. The van der Waals surface area contributed by atoms with Crippen LogP contribution in [0.25, 0.3) is 0 Å². The SMILES string of the molecule is CCCC1(NC(=O)c2cnc(C(C)C)s2)CCOC1. The first-order valence-electron chi connectivity index (χ1n) is 6.92. The average molecular weight is 282 g/mol. The minimum Gasteiger partial charge on any atom is -0.379 e. The summed E-state index contributed by atoms with van der Waals surface area (Å²) in [6.07, 6.45) is 4.60. The highest BCUT2D eigenvalue weighted by Gasteiger charge is 2.36. The normalized spacial score (nSPS) is 22.9. The molecule has 1 amide bonds. The molecule has 0 aliphatic carbocycles. The van der Waals surface area contributed by atoms with E-state index in [1.807, 2.05) is 0 Å². The van der Waals surface area contributed by atoms with Crippen molar-refractivity contribution in [1.82, 2.24) is 10.3 Å². The second kappa shape index (κ2) is 6.01. The van der Waals surface area contributed by atoms with Crippen molar-refractivity contribution >= 4 is 17.2 Å². The molecule has 1 unspecified atom stereocenters. The third kappa shape index (κ3) is 3.34. The zero-order chi connectivity index (χ0) is 13.9. The van der Waals surface area contributed by atoms with Crippen LogP contribution in [0, 0.1) is 0 Å². The molecule has 1 N–H and O–H groups in total. The highest BCUT2D eigenvalue weighted by molar-refractivity contribution is 7.13. The smallest absolute Gasteiger partial charge is 0.263 e. The molecule has 1 fully saturated rings. The van der Waals surface area contributed by atoms with Gasteiger partial charge >= 0.3 is 0 Å². The van der Waals surface area contributed by atoms with E-state index >= 15 is 0 Å². The summed E-state index contributed by atoms with van der Waals surface area (Å²) >= 11 is 1.49. The van der Waals surface area contributed by atoms with Crippen LogP contribution in [0.5, 0.6) is 0 Å². The lowest BCUT2D eigenvalue weighted by molar-refractivity contribution is 0.0874. The van der Waals surface area contributed by atoms with E-state index in [9.17, 15) is 4.79 Å². The van der Waals surface area contributed by atoms with Gasteiger partial charge < -0.3 is 10.1 Å². The van der Waals surface area contributed by atoms with Crippen molar-refractivity contribution in [2.24, 2.45) is 0 Å². The number of ether oxygens (including phenoxy) is 1. The molecular formula is C14H22N2O2S. The van der Waals surface area contributed by atoms with Crippen LogP contribution < -0.4 is 5.32 Å². The zero-order valence-corrected chi connectivity index (χ0v) is 12.7. The summed E-state index contributed by atoms with van der Waals surface area (Å²) in [5.41, 5.74) is -0.173. The quantitative estimate of drug-likeness (QED) is 0.903. The van der Waals surface area contributed by atoms with E-state index in [-0.39, 0.29) is 11.4 Å². The Hall–Kier alpha value is -0.940. The molecule has 0 bridgehead atoms. The topological polar surface area (TPSA) is 51.2 Å². The predicted octanol–water partition coefficient (Wildman–Crippen LogP) is 2.96. The maximum Gasteiger partial charge on any atom is 0.263 e. The van der Waals surface area contributed by atoms with Gasteiger partial charge in [-0.1, -0.05) is 27.2 Å². The summed E-state index contributed by atoms with van der Waals surface area (Å²) in [5, 5.41) is 4.18. The van der Waals surface area contributed by atoms with E-state index < -0.39 is 0 Å². The first-order chi connectivity index (χ1) is 9.06. The van der Waals surface area contributed by atoms with Crippen molar-refractivity contribution in [3.63, 3.8) is 0 Å². The lowest BCUT2D eigenvalue weighted by Gasteiger charge is -2.28. The van der Waals surface area contributed by atoms with Gasteiger partial charge in [-0.3, -0.25) is 4.79 Å². The molecule has 1 aliphatic rings. The molecule has 106 valence electrons. The van der Waals surface area contributed by atoms with Crippen molar-refractivity contribution in [2.75, 3.05) is 13.2 Å². The second-order valence-electron chi connectivity index (χ2n) is 5.50. The Morgan fingerprint density at radius 3 is 2.95 bits per heavy atom. The van der Waals surface area contributed by atoms with Crippen molar-refractivity contribution in [3.05, 3.63) is 16.1 Å². The number of carbonyl (C=O) groups excluding carboxylic acids is 1. The molecule has 5 heteroatoms. The molecule has 2 heterocycles. The van der Waals surface area contributed by atoms with E-state index in [2.05, 4.69) is 31.1 Å². The molecule has 0 radical (unpaired) electrons. The van der Waals surface area contributed by atoms with Crippen LogP contribution in [0.4, 0.5) is 0 Å². The summed E-state index contributed by atoms with van der Waals surface area (Å²) in [6.45, 7) is 7.67. The Morgan fingerprint density at radius 2 is 2.42 bits per heavy atom. The van der Waals surface area contributed by atoms with Crippen molar-refractivity contribution < 1.29 is 9.53 Å². The van der Waals surface area contributed by atoms with Gasteiger partial charge in [-0.05, 0) is 12.8 Å². The van der Waals surface area contributed by atoms with Crippen LogP contribution in [0.15, 0.2) is 6.20 Å². The van der Waals surface area contributed by atoms with Crippen LogP contribution >= 0.6 is 11.3 Å². The molecule has 0 saturated carbocycles. The van der Waals surface area contributed by atoms with E-state index in [0.29, 0.717) is 17.4 Å². The number of thiazole rings is 1. The van der Waals surface area contributed by atoms with Crippen LogP contribution in [0.1, 0.15) is 60.6 Å². The van der Waals surface area contributed by atoms with Gasteiger partial charge in [0, 0.05) is 12.5 Å². The molecule has 1 saturated heterocycles. The number of amides is 1. The van der Waals surface area contributed by atoms with Crippen LogP contribution in [-0.2, 0) is 4.74 Å². The third-order valence-electron chi connectivity index (χ3n) is 3.45. The predicted molar refractivity (Wildman–Crippen MR) is 76.7 cm³/mol. The maximum absolute atomic E-state index is 12.3. The number of hydrogen-bond acceptors (Lipinski definition) is 4. The number of carbonyl (C=O) groups is 1. The van der Waals surface area contributed by atoms with Crippen LogP contribution in [0.3, 0.4) is 0 Å². The largest absolute Gasteiger partial charge is 0.379 e. The van der Waals surface area contributed by atoms with Gasteiger partial charge in [0.25, 0.3) is 5.91 Å². The molecule has 2 rings (SSSR count). The zero-order valence-electron chi connectivity index (χ0n) is 11.9. The molecule has 0 spiro atoms. The second-order valence-corrected chi connectivity index (χ2v) is 6.57. The van der Waals surface area contributed by atoms with Gasteiger partial charge in [-0.2, -0.15) is 0 Å². The van der Waals surface area contributed by atoms with Gasteiger partial charge in [-0.15, -0.1) is 11.3 Å². The first-order valence-corrected chi connectivity index (χ1v) is 7.74. The standard InChI is InChI=1S/C14H22N2O2S/c1-4-5-14(6-7-18-9-14)16-12(17)11-8-15-13(19-11)10(2)3/h8,10H,4-7,9H2,1-3H3,(H,16,17). The van der Waals surface area contributed by atoms with Crippen molar-refractivity contribution in [3.8, 4) is 0 Å². The fraction of sp³-hybridized carbons (Fsp3) is 0.714. The number of aromatic nitrogens is 1. The summed E-state index contributed by atoms with van der Waals surface area (Å²) in [6, 6.07) is 0. The molecular weight excluding hydrogens is 260 g/mol. The summed E-state index contributed by atoms with van der Waals surface area (Å²) in [7, 11) is 0. The summed E-state index contributed by atoms with van der Waals surface area (Å²) in [4.78, 5) is 17.3. The number of nitrogens with zero attached hydrogens (tertiary/aromatic N) is 1. The minimum atomic E-state index is -0.173. The number of hydrogen-bond donors (Lipinski definition) is 1. The first kappa shape index (κ1) is 14.5. The highest BCUT2D eigenvalue weighted by atomic mass is 32.1. The fourth-order valence-electron chi connectivity index (χ4n) is 2.41. The lowest BCUT2D eigenvalue weighted by atomic mass is 9.93. The van der Waals surface area contributed by atoms with E-state index in [1.165, 1.54) is 11.3 Å². The molecule has 4 nitrogen and oxygen atoms in total. The Bertz CT molecular complexity index is 436. The Kier molecular flexibility index (Phi) is 4.58. The lowest BCUT2D eigenvalue weighted by Crippen LogP contribution is -2.48. The highest BCUT2D eigenvalue weighted by Crippen LogP contribution is 2.26. The summed E-state index contributed by atoms with van der Waals surface area (Å²) in [5.74, 6) is 0.356. The number of rotatable bonds is 5. The van der Waals surface area contributed by atoms with Gasteiger partial charge in [0.15, 0.2) is 0 Å². The van der Waals surface area contributed by atoms with Crippen LogP contribution in [-0.4, -0.2) is 29.6 Å².